The van der Waals surface area contributed by atoms with E-state index < -0.39 is 0 Å². The first-order valence-corrected chi connectivity index (χ1v) is 10.3. The Hall–Kier alpha value is -1.40. The van der Waals surface area contributed by atoms with E-state index in [0.717, 1.165) is 69.6 Å². The van der Waals surface area contributed by atoms with E-state index in [9.17, 15) is 9.59 Å². The summed E-state index contributed by atoms with van der Waals surface area (Å²) in [5.74, 6) is 0.240. The van der Waals surface area contributed by atoms with E-state index in [2.05, 4.69) is 18.0 Å². The molecule has 0 saturated carbocycles. The van der Waals surface area contributed by atoms with Crippen LogP contribution in [-0.4, -0.2) is 72.3 Å². The molecule has 1 atom stereocenters. The Balaban J connectivity index is 1.50. The zero-order valence-corrected chi connectivity index (χ0v) is 15.8. The minimum atomic E-state index is -0.237. The van der Waals surface area contributed by atoms with Crippen LogP contribution in [0.3, 0.4) is 0 Å². The lowest BCUT2D eigenvalue weighted by Crippen LogP contribution is -2.46. The van der Waals surface area contributed by atoms with Crippen molar-refractivity contribution in [2.75, 3.05) is 39.8 Å². The monoisotopic (exact) mass is 361 g/mol. The lowest BCUT2D eigenvalue weighted by Gasteiger charge is -2.27. The Morgan fingerprint density at radius 3 is 2.60 bits per heavy atom. The third kappa shape index (κ3) is 3.34. The van der Waals surface area contributed by atoms with Gasteiger partial charge in [0.2, 0.25) is 5.91 Å². The van der Waals surface area contributed by atoms with Gasteiger partial charge in [-0.2, -0.15) is 0 Å². The molecular formula is C19H27N3O2S. The predicted molar refractivity (Wildman–Crippen MR) is 99.1 cm³/mol. The van der Waals surface area contributed by atoms with Crippen LogP contribution in [0.1, 0.15) is 45.8 Å². The number of amides is 2. The average Bonchev–Trinajstić information content (AvgIpc) is 3.36. The zero-order chi connectivity index (χ0) is 17.4. The van der Waals surface area contributed by atoms with Crippen molar-refractivity contribution in [1.82, 2.24) is 14.7 Å². The highest BCUT2D eigenvalue weighted by Gasteiger charge is 2.38. The van der Waals surface area contributed by atoms with Crippen LogP contribution in [0.2, 0.25) is 0 Å². The van der Waals surface area contributed by atoms with Crippen LogP contribution in [0.4, 0.5) is 0 Å². The molecular weight excluding hydrogens is 334 g/mol. The van der Waals surface area contributed by atoms with Gasteiger partial charge in [-0.05, 0) is 57.2 Å². The van der Waals surface area contributed by atoms with E-state index in [1.54, 1.807) is 11.3 Å². The largest absolute Gasteiger partial charge is 0.341 e. The van der Waals surface area contributed by atoms with Gasteiger partial charge in [-0.1, -0.05) is 0 Å². The SMILES string of the molecule is CN1CCc2cc(C(=O)N3CCC[C@H]3C(=O)N3CCCC3)sc2CC1. The molecule has 0 bridgehead atoms. The minimum Gasteiger partial charge on any atom is -0.341 e. The molecule has 0 aliphatic carbocycles. The zero-order valence-electron chi connectivity index (χ0n) is 15.0. The lowest BCUT2D eigenvalue weighted by molar-refractivity contribution is -0.134. The molecule has 0 radical (unpaired) electrons. The number of hydrogen-bond donors (Lipinski definition) is 0. The summed E-state index contributed by atoms with van der Waals surface area (Å²) in [6, 6.07) is 1.86. The van der Waals surface area contributed by atoms with Crippen molar-refractivity contribution < 1.29 is 9.59 Å². The van der Waals surface area contributed by atoms with Crippen molar-refractivity contribution in [1.29, 1.82) is 0 Å². The highest BCUT2D eigenvalue weighted by Crippen LogP contribution is 2.30. The third-order valence-corrected chi connectivity index (χ3v) is 7.03. The number of rotatable bonds is 2. The van der Waals surface area contributed by atoms with E-state index in [-0.39, 0.29) is 17.9 Å². The number of hydrogen-bond acceptors (Lipinski definition) is 4. The van der Waals surface area contributed by atoms with E-state index >= 15 is 0 Å². The van der Waals surface area contributed by atoms with E-state index in [1.165, 1.54) is 10.4 Å². The van der Waals surface area contributed by atoms with Gasteiger partial charge in [0, 0.05) is 37.6 Å². The maximum atomic E-state index is 13.1. The molecule has 0 unspecified atom stereocenters. The molecule has 0 aromatic carbocycles. The predicted octanol–water partition coefficient (Wildman–Crippen LogP) is 2.01. The van der Waals surface area contributed by atoms with E-state index in [1.807, 2.05) is 9.80 Å². The highest BCUT2D eigenvalue weighted by atomic mass is 32.1. The molecule has 136 valence electrons. The van der Waals surface area contributed by atoms with Crippen molar-refractivity contribution in [3.05, 3.63) is 21.4 Å². The first-order valence-electron chi connectivity index (χ1n) is 9.53. The molecule has 4 rings (SSSR count). The van der Waals surface area contributed by atoms with Crippen LogP contribution < -0.4 is 0 Å². The number of nitrogens with zero attached hydrogens (tertiary/aromatic N) is 3. The van der Waals surface area contributed by atoms with Gasteiger partial charge in [0.05, 0.1) is 4.88 Å². The molecule has 5 nitrogen and oxygen atoms in total. The second kappa shape index (κ2) is 7.08. The quantitative estimate of drug-likeness (QED) is 0.809. The maximum Gasteiger partial charge on any atom is 0.264 e. The summed E-state index contributed by atoms with van der Waals surface area (Å²) in [6.45, 7) is 4.54. The van der Waals surface area contributed by atoms with Crippen molar-refractivity contribution in [2.24, 2.45) is 0 Å². The fourth-order valence-electron chi connectivity index (χ4n) is 4.27. The standard InChI is InChI=1S/C19H27N3O2S/c1-20-11-6-14-13-17(25-16(14)7-12-20)19(24)22-10-4-5-15(22)18(23)21-8-2-3-9-21/h13,15H,2-12H2,1H3/t15-/m0/s1. The fourth-order valence-corrected chi connectivity index (χ4v) is 5.42. The van der Waals surface area contributed by atoms with Crippen LogP contribution in [-0.2, 0) is 17.6 Å². The number of likely N-dealkylation sites (tertiary alicyclic amines) is 2. The molecule has 2 fully saturated rings. The lowest BCUT2D eigenvalue weighted by atomic mass is 10.1. The van der Waals surface area contributed by atoms with E-state index in [4.69, 9.17) is 0 Å². The van der Waals surface area contributed by atoms with Gasteiger partial charge in [0.25, 0.3) is 5.91 Å². The summed E-state index contributed by atoms with van der Waals surface area (Å²) in [4.78, 5) is 34.2. The molecule has 25 heavy (non-hydrogen) atoms. The number of carbonyl (C=O) groups is 2. The van der Waals surface area contributed by atoms with Crippen molar-refractivity contribution in [3.63, 3.8) is 0 Å². The number of likely N-dealkylation sites (N-methyl/N-ethyl adjacent to an activating group) is 1. The van der Waals surface area contributed by atoms with Gasteiger partial charge in [-0.3, -0.25) is 9.59 Å². The Morgan fingerprint density at radius 1 is 1.04 bits per heavy atom. The van der Waals surface area contributed by atoms with Crippen LogP contribution in [0.5, 0.6) is 0 Å². The Bertz CT molecular complexity index is 640. The first-order chi connectivity index (χ1) is 12.1. The summed E-state index contributed by atoms with van der Waals surface area (Å²) in [7, 11) is 2.15. The third-order valence-electron chi connectivity index (χ3n) is 5.81. The topological polar surface area (TPSA) is 43.9 Å². The normalized spacial score (nSPS) is 24.4. The summed E-state index contributed by atoms with van der Waals surface area (Å²) in [5, 5.41) is 0. The van der Waals surface area contributed by atoms with Gasteiger partial charge in [0.1, 0.15) is 6.04 Å². The second-order valence-corrected chi connectivity index (χ2v) is 8.69. The molecule has 3 aliphatic heterocycles. The molecule has 0 N–H and O–H groups in total. The second-order valence-electron chi connectivity index (χ2n) is 7.55. The van der Waals surface area contributed by atoms with Crippen molar-refractivity contribution in [2.45, 2.75) is 44.6 Å². The maximum absolute atomic E-state index is 13.1. The summed E-state index contributed by atoms with van der Waals surface area (Å²) >= 11 is 1.65. The highest BCUT2D eigenvalue weighted by molar-refractivity contribution is 7.14. The number of carbonyl (C=O) groups excluding carboxylic acids is 2. The Labute approximate surface area is 153 Å². The van der Waals surface area contributed by atoms with Crippen LogP contribution in [0, 0.1) is 0 Å². The van der Waals surface area contributed by atoms with Crippen LogP contribution in [0.15, 0.2) is 6.07 Å². The van der Waals surface area contributed by atoms with Gasteiger partial charge >= 0.3 is 0 Å². The van der Waals surface area contributed by atoms with Gasteiger partial charge in [-0.15, -0.1) is 11.3 Å². The number of thiophene rings is 1. The number of fused-ring (bicyclic) bond motifs is 1. The van der Waals surface area contributed by atoms with Crippen molar-refractivity contribution in [3.8, 4) is 0 Å². The summed E-state index contributed by atoms with van der Waals surface area (Å²) in [5.41, 5.74) is 1.33. The van der Waals surface area contributed by atoms with Crippen LogP contribution in [0.25, 0.3) is 0 Å². The first kappa shape index (κ1) is 17.0. The summed E-state index contributed by atoms with van der Waals surface area (Å²) in [6.07, 6.45) is 5.99. The molecule has 4 heterocycles. The molecule has 2 saturated heterocycles. The van der Waals surface area contributed by atoms with Crippen LogP contribution >= 0.6 is 11.3 Å². The minimum absolute atomic E-state index is 0.0708. The molecule has 1 aromatic heterocycles. The molecule has 6 heteroatoms. The fraction of sp³-hybridized carbons (Fsp3) is 0.684. The summed E-state index contributed by atoms with van der Waals surface area (Å²) < 4.78 is 0. The average molecular weight is 362 g/mol. The Kier molecular flexibility index (Phi) is 4.82. The van der Waals surface area contributed by atoms with Gasteiger partial charge < -0.3 is 14.7 Å². The smallest absolute Gasteiger partial charge is 0.264 e. The molecule has 3 aliphatic rings. The Morgan fingerprint density at radius 2 is 1.80 bits per heavy atom. The van der Waals surface area contributed by atoms with Crippen molar-refractivity contribution >= 4 is 23.2 Å². The van der Waals surface area contributed by atoms with E-state index in [0.29, 0.717) is 6.54 Å². The molecule has 0 spiro atoms. The molecule has 1 aromatic rings. The van der Waals surface area contributed by atoms with Gasteiger partial charge in [0.15, 0.2) is 0 Å². The van der Waals surface area contributed by atoms with Gasteiger partial charge in [-0.25, -0.2) is 0 Å². The molecule has 2 amide bonds.